The van der Waals surface area contributed by atoms with Crippen molar-refractivity contribution in [1.82, 2.24) is 0 Å². The fourth-order valence-corrected chi connectivity index (χ4v) is 1.32. The lowest BCUT2D eigenvalue weighted by molar-refractivity contribution is -0.167. The maximum absolute atomic E-state index is 11.2. The van der Waals surface area contributed by atoms with Crippen LogP contribution in [0.3, 0.4) is 0 Å². The lowest BCUT2D eigenvalue weighted by atomic mass is 10.2. The number of ether oxygens (including phenoxy) is 2. The van der Waals surface area contributed by atoms with Crippen LogP contribution in [0.2, 0.25) is 0 Å². The molecule has 1 aliphatic heterocycles. The Kier molecular flexibility index (Phi) is 5.27. The van der Waals surface area contributed by atoms with Crippen LogP contribution in [0.4, 0.5) is 0 Å². The molecule has 0 aliphatic carbocycles. The van der Waals surface area contributed by atoms with Gasteiger partial charge >= 0.3 is 11.9 Å². The molecule has 0 radical (unpaired) electrons. The van der Waals surface area contributed by atoms with E-state index in [-0.39, 0.29) is 0 Å². The van der Waals surface area contributed by atoms with Crippen LogP contribution in [0.15, 0.2) is 11.5 Å². The van der Waals surface area contributed by atoms with Gasteiger partial charge in [0.2, 0.25) is 5.76 Å². The van der Waals surface area contributed by atoms with E-state index in [0.717, 1.165) is 0 Å². The highest BCUT2D eigenvalue weighted by Gasteiger charge is 2.40. The smallest absolute Gasteiger partial charge is 0.377 e. The van der Waals surface area contributed by atoms with Crippen LogP contribution in [-0.2, 0) is 19.1 Å². The summed E-state index contributed by atoms with van der Waals surface area (Å²) in [5, 5.41) is 54.4. The number of hydrogen-bond donors (Lipinski definition) is 6. The van der Waals surface area contributed by atoms with E-state index in [2.05, 4.69) is 9.47 Å². The Balaban J connectivity index is 2.51. The lowest BCUT2D eigenvalue weighted by Crippen LogP contribution is -2.40. The number of rotatable bonds is 6. The van der Waals surface area contributed by atoms with Crippen molar-refractivity contribution in [3.63, 3.8) is 0 Å². The van der Waals surface area contributed by atoms with Crippen molar-refractivity contribution in [1.29, 1.82) is 0 Å². The standard InChI is InChI=1S/C10H14O10/c11-1-3(12)5(14)9(17)19-2-4(13)8-6(15)7(16)10(18)20-8/h3-5,8,11-16H,1-2H2/t3-,4-,5-,8+/m0/s1. The van der Waals surface area contributed by atoms with E-state index < -0.39 is 61.1 Å². The molecule has 1 aliphatic rings. The van der Waals surface area contributed by atoms with Crippen molar-refractivity contribution >= 4 is 11.9 Å². The first-order valence-electron chi connectivity index (χ1n) is 5.44. The summed E-state index contributed by atoms with van der Waals surface area (Å²) in [6, 6.07) is 0. The Morgan fingerprint density at radius 1 is 1.30 bits per heavy atom. The first kappa shape index (κ1) is 16.2. The maximum atomic E-state index is 11.2. The summed E-state index contributed by atoms with van der Waals surface area (Å²) < 4.78 is 8.81. The van der Waals surface area contributed by atoms with Gasteiger partial charge < -0.3 is 40.1 Å². The Morgan fingerprint density at radius 3 is 2.35 bits per heavy atom. The van der Waals surface area contributed by atoms with E-state index in [1.807, 2.05) is 0 Å². The first-order chi connectivity index (χ1) is 9.29. The molecule has 0 saturated heterocycles. The van der Waals surface area contributed by atoms with Gasteiger partial charge in [-0.1, -0.05) is 0 Å². The largest absolute Gasteiger partial charge is 0.505 e. The third-order valence-corrected chi connectivity index (χ3v) is 2.48. The predicted octanol–water partition coefficient (Wildman–Crippen LogP) is -3.14. The SMILES string of the molecule is O=C1O[C@H]([C@@H](O)COC(=O)[C@@H](O)[C@@H](O)CO)C(O)=C1O. The van der Waals surface area contributed by atoms with Crippen molar-refractivity contribution < 1.29 is 49.7 Å². The summed E-state index contributed by atoms with van der Waals surface area (Å²) >= 11 is 0. The summed E-state index contributed by atoms with van der Waals surface area (Å²) in [7, 11) is 0. The van der Waals surface area contributed by atoms with Gasteiger partial charge in [0.25, 0.3) is 0 Å². The van der Waals surface area contributed by atoms with Gasteiger partial charge in [0, 0.05) is 0 Å². The van der Waals surface area contributed by atoms with Gasteiger partial charge in [0.05, 0.1) is 6.61 Å². The molecule has 0 spiro atoms. The monoisotopic (exact) mass is 294 g/mol. The summed E-state index contributed by atoms with van der Waals surface area (Å²) in [5.41, 5.74) is 0. The number of cyclic esters (lactones) is 1. The van der Waals surface area contributed by atoms with E-state index in [1.54, 1.807) is 0 Å². The molecule has 10 heteroatoms. The van der Waals surface area contributed by atoms with Gasteiger partial charge in [0.1, 0.15) is 18.8 Å². The van der Waals surface area contributed by atoms with Gasteiger partial charge in [0.15, 0.2) is 18.0 Å². The maximum Gasteiger partial charge on any atom is 0.377 e. The second-order valence-electron chi connectivity index (χ2n) is 3.95. The number of aliphatic hydroxyl groups excluding tert-OH is 6. The topological polar surface area (TPSA) is 174 Å². The molecule has 114 valence electrons. The van der Waals surface area contributed by atoms with Crippen LogP contribution in [0, 0.1) is 0 Å². The molecular weight excluding hydrogens is 280 g/mol. The number of esters is 2. The second-order valence-corrected chi connectivity index (χ2v) is 3.95. The van der Waals surface area contributed by atoms with Crippen LogP contribution < -0.4 is 0 Å². The fourth-order valence-electron chi connectivity index (χ4n) is 1.32. The zero-order valence-corrected chi connectivity index (χ0v) is 10.0. The lowest BCUT2D eigenvalue weighted by Gasteiger charge is -2.19. The number of carbonyl (C=O) groups excluding carboxylic acids is 2. The van der Waals surface area contributed by atoms with Crippen LogP contribution in [0.1, 0.15) is 0 Å². The molecule has 0 fully saturated rings. The quantitative estimate of drug-likeness (QED) is 0.274. The molecule has 1 rings (SSSR count). The average Bonchev–Trinajstić information content (AvgIpc) is 2.70. The van der Waals surface area contributed by atoms with Crippen molar-refractivity contribution in [2.75, 3.05) is 13.2 Å². The molecule has 1 heterocycles. The number of hydrogen-bond acceptors (Lipinski definition) is 10. The van der Waals surface area contributed by atoms with Crippen molar-refractivity contribution in [2.24, 2.45) is 0 Å². The normalized spacial score (nSPS) is 23.2. The van der Waals surface area contributed by atoms with Crippen LogP contribution in [0.25, 0.3) is 0 Å². The predicted molar refractivity (Wildman–Crippen MR) is 58.2 cm³/mol. The second kappa shape index (κ2) is 6.52. The Bertz CT molecular complexity index is 416. The average molecular weight is 294 g/mol. The molecule has 0 aromatic carbocycles. The Morgan fingerprint density at radius 2 is 1.90 bits per heavy atom. The van der Waals surface area contributed by atoms with E-state index in [0.29, 0.717) is 0 Å². The molecule has 0 aromatic rings. The minimum atomic E-state index is -2.02. The minimum Gasteiger partial charge on any atom is -0.505 e. The third kappa shape index (κ3) is 3.36. The molecular formula is C10H14O10. The highest BCUT2D eigenvalue weighted by Crippen LogP contribution is 2.21. The van der Waals surface area contributed by atoms with Gasteiger partial charge in [-0.25, -0.2) is 9.59 Å². The molecule has 0 aromatic heterocycles. The number of carbonyl (C=O) groups is 2. The van der Waals surface area contributed by atoms with Crippen LogP contribution >= 0.6 is 0 Å². The van der Waals surface area contributed by atoms with Crippen molar-refractivity contribution in [2.45, 2.75) is 24.4 Å². The molecule has 20 heavy (non-hydrogen) atoms. The molecule has 0 amide bonds. The van der Waals surface area contributed by atoms with Crippen LogP contribution in [-0.4, -0.2) is 80.2 Å². The Labute approximate surface area is 112 Å². The highest BCUT2D eigenvalue weighted by molar-refractivity contribution is 5.89. The van der Waals surface area contributed by atoms with Gasteiger partial charge in [-0.3, -0.25) is 0 Å². The van der Waals surface area contributed by atoms with Crippen molar-refractivity contribution in [3.8, 4) is 0 Å². The highest BCUT2D eigenvalue weighted by atomic mass is 16.6. The summed E-state index contributed by atoms with van der Waals surface area (Å²) in [4.78, 5) is 22.1. The molecule has 0 unspecified atom stereocenters. The zero-order chi connectivity index (χ0) is 15.4. The van der Waals surface area contributed by atoms with E-state index in [9.17, 15) is 19.8 Å². The van der Waals surface area contributed by atoms with Crippen molar-refractivity contribution in [3.05, 3.63) is 11.5 Å². The van der Waals surface area contributed by atoms with E-state index in [4.69, 9.17) is 20.4 Å². The summed E-state index contributed by atoms with van der Waals surface area (Å²) in [6.07, 6.45) is -7.06. The fraction of sp³-hybridized carbons (Fsp3) is 0.600. The molecule has 10 nitrogen and oxygen atoms in total. The minimum absolute atomic E-state index is 0.788. The molecule has 0 saturated carbocycles. The molecule has 0 bridgehead atoms. The first-order valence-corrected chi connectivity index (χ1v) is 5.44. The van der Waals surface area contributed by atoms with Gasteiger partial charge in [-0.05, 0) is 0 Å². The molecule has 4 atom stereocenters. The van der Waals surface area contributed by atoms with Crippen LogP contribution in [0.5, 0.6) is 0 Å². The third-order valence-electron chi connectivity index (χ3n) is 2.48. The summed E-state index contributed by atoms with van der Waals surface area (Å²) in [5.74, 6) is -4.54. The van der Waals surface area contributed by atoms with Gasteiger partial charge in [-0.2, -0.15) is 0 Å². The van der Waals surface area contributed by atoms with E-state index in [1.165, 1.54) is 0 Å². The summed E-state index contributed by atoms with van der Waals surface area (Å²) in [6.45, 7) is -1.67. The Hall–Kier alpha value is -1.88. The van der Waals surface area contributed by atoms with E-state index >= 15 is 0 Å². The van der Waals surface area contributed by atoms with Gasteiger partial charge in [-0.15, -0.1) is 0 Å². The number of aliphatic hydroxyl groups is 6. The zero-order valence-electron chi connectivity index (χ0n) is 10.0. The molecule has 6 N–H and O–H groups in total.